The Morgan fingerprint density at radius 2 is 2.14 bits per heavy atom. The minimum Gasteiger partial charge on any atom is -0.465 e. The van der Waals surface area contributed by atoms with Crippen molar-refractivity contribution in [2.75, 3.05) is 6.54 Å². The molecule has 1 aromatic heterocycles. The molecular weight excluding hydrogens is 268 g/mol. The Labute approximate surface area is 122 Å². The lowest BCUT2D eigenvalue weighted by Gasteiger charge is -2.37. The van der Waals surface area contributed by atoms with Crippen molar-refractivity contribution in [3.63, 3.8) is 0 Å². The van der Waals surface area contributed by atoms with Gasteiger partial charge in [0.05, 0.1) is 23.3 Å². The Morgan fingerprint density at radius 1 is 1.33 bits per heavy atom. The fourth-order valence-corrected chi connectivity index (χ4v) is 3.04. The maximum Gasteiger partial charge on any atom is 0.407 e. The molecule has 6 heteroatoms. The van der Waals surface area contributed by atoms with Crippen molar-refractivity contribution in [1.82, 2.24) is 14.9 Å². The zero-order valence-electron chi connectivity index (χ0n) is 11.6. The predicted octanol–water partition coefficient (Wildman–Crippen LogP) is 2.16. The average molecular weight is 286 g/mol. The molecule has 1 aliphatic heterocycles. The van der Waals surface area contributed by atoms with E-state index in [0.717, 1.165) is 35.9 Å². The Balaban J connectivity index is 1.99. The summed E-state index contributed by atoms with van der Waals surface area (Å²) in [7, 11) is 0. The first-order valence-electron chi connectivity index (χ1n) is 7.13. The highest BCUT2D eigenvalue weighted by Crippen LogP contribution is 2.29. The van der Waals surface area contributed by atoms with E-state index in [0.29, 0.717) is 6.54 Å². The van der Waals surface area contributed by atoms with Gasteiger partial charge in [-0.1, -0.05) is 18.2 Å². The van der Waals surface area contributed by atoms with E-state index in [1.807, 2.05) is 24.3 Å². The molecule has 0 bridgehead atoms. The normalized spacial score (nSPS) is 20.4. The van der Waals surface area contributed by atoms with Crippen LogP contribution in [-0.2, 0) is 0 Å². The molecule has 3 N–H and O–H groups in total. The number of aromatic nitrogens is 2. The van der Waals surface area contributed by atoms with Crippen molar-refractivity contribution in [2.24, 2.45) is 5.73 Å². The molecule has 1 aromatic carbocycles. The first-order valence-corrected chi connectivity index (χ1v) is 7.13. The number of nitrogens with two attached hydrogens (primary N) is 1. The van der Waals surface area contributed by atoms with Crippen LogP contribution in [0.25, 0.3) is 10.9 Å². The van der Waals surface area contributed by atoms with Crippen molar-refractivity contribution >= 4 is 17.0 Å². The van der Waals surface area contributed by atoms with Crippen LogP contribution in [0.3, 0.4) is 0 Å². The van der Waals surface area contributed by atoms with Crippen molar-refractivity contribution in [3.05, 3.63) is 36.3 Å². The quantitative estimate of drug-likeness (QED) is 0.882. The molecule has 0 aliphatic carbocycles. The van der Waals surface area contributed by atoms with Crippen LogP contribution < -0.4 is 5.73 Å². The maximum atomic E-state index is 11.4. The molecule has 0 radical (unpaired) electrons. The Kier molecular flexibility index (Phi) is 3.70. The number of likely N-dealkylation sites (tertiary alicyclic amines) is 1. The summed E-state index contributed by atoms with van der Waals surface area (Å²) in [6, 6.07) is 7.00. The molecule has 6 nitrogen and oxygen atoms in total. The van der Waals surface area contributed by atoms with Gasteiger partial charge in [-0.15, -0.1) is 0 Å². The maximum absolute atomic E-state index is 11.4. The van der Waals surface area contributed by atoms with Gasteiger partial charge in [-0.25, -0.2) is 14.8 Å². The molecule has 2 aromatic rings. The van der Waals surface area contributed by atoms with Gasteiger partial charge in [0.2, 0.25) is 0 Å². The smallest absolute Gasteiger partial charge is 0.407 e. The third-order valence-electron chi connectivity index (χ3n) is 4.10. The van der Waals surface area contributed by atoms with Crippen LogP contribution in [0, 0.1) is 0 Å². The topological polar surface area (TPSA) is 92.3 Å². The summed E-state index contributed by atoms with van der Waals surface area (Å²) in [6.45, 7) is 0.538. The van der Waals surface area contributed by atoms with Gasteiger partial charge < -0.3 is 15.7 Å². The van der Waals surface area contributed by atoms with E-state index in [9.17, 15) is 9.90 Å². The number of benzene rings is 1. The van der Waals surface area contributed by atoms with Crippen LogP contribution in [0.4, 0.5) is 4.79 Å². The van der Waals surface area contributed by atoms with Crippen molar-refractivity contribution in [2.45, 2.75) is 31.3 Å². The average Bonchev–Trinajstić information content (AvgIpc) is 2.53. The fourth-order valence-electron chi connectivity index (χ4n) is 3.04. The number of hydrogen-bond acceptors (Lipinski definition) is 4. The molecule has 110 valence electrons. The van der Waals surface area contributed by atoms with Gasteiger partial charge in [-0.3, -0.25) is 0 Å². The summed E-state index contributed by atoms with van der Waals surface area (Å²) < 4.78 is 0. The standard InChI is InChI=1S/C15H18N4O2/c16-13(12-7-3-4-8-19(12)15(20)21)14-10-5-1-2-6-11(10)17-9-18-14/h1-2,5-6,9,12-13H,3-4,7-8,16H2,(H,20,21)/t12-,13?/m0/s1. The highest BCUT2D eigenvalue weighted by molar-refractivity contribution is 5.81. The molecule has 1 fully saturated rings. The second-order valence-corrected chi connectivity index (χ2v) is 5.34. The van der Waals surface area contributed by atoms with Gasteiger partial charge in [0.25, 0.3) is 0 Å². The molecule has 2 atom stereocenters. The predicted molar refractivity (Wildman–Crippen MR) is 78.8 cm³/mol. The van der Waals surface area contributed by atoms with E-state index in [1.165, 1.54) is 11.2 Å². The molecule has 3 rings (SSSR count). The fraction of sp³-hybridized carbons (Fsp3) is 0.400. The van der Waals surface area contributed by atoms with Crippen molar-refractivity contribution in [3.8, 4) is 0 Å². The highest BCUT2D eigenvalue weighted by Gasteiger charge is 2.33. The molecule has 2 heterocycles. The summed E-state index contributed by atoms with van der Waals surface area (Å²) in [5, 5.41) is 10.2. The SMILES string of the molecule is NC(c1ncnc2ccccc12)[C@@H]1CCCCN1C(=O)O. The Hall–Kier alpha value is -2.21. The zero-order valence-corrected chi connectivity index (χ0v) is 11.6. The van der Waals surface area contributed by atoms with Gasteiger partial charge in [0.15, 0.2) is 0 Å². The summed E-state index contributed by atoms with van der Waals surface area (Å²) in [6.07, 6.45) is 3.23. The van der Waals surface area contributed by atoms with E-state index in [4.69, 9.17) is 5.73 Å². The summed E-state index contributed by atoms with van der Waals surface area (Å²) >= 11 is 0. The molecule has 1 amide bonds. The van der Waals surface area contributed by atoms with Gasteiger partial charge in [0, 0.05) is 11.9 Å². The summed E-state index contributed by atoms with van der Waals surface area (Å²) in [5.74, 6) is 0. The number of carboxylic acid groups (broad SMARTS) is 1. The highest BCUT2D eigenvalue weighted by atomic mass is 16.4. The molecule has 1 saturated heterocycles. The number of fused-ring (bicyclic) bond motifs is 1. The Morgan fingerprint density at radius 3 is 2.95 bits per heavy atom. The van der Waals surface area contributed by atoms with E-state index in [2.05, 4.69) is 9.97 Å². The number of piperidine rings is 1. The third kappa shape index (κ3) is 2.54. The molecule has 0 saturated carbocycles. The van der Waals surface area contributed by atoms with E-state index in [1.54, 1.807) is 0 Å². The number of hydrogen-bond donors (Lipinski definition) is 2. The van der Waals surface area contributed by atoms with Gasteiger partial charge in [0.1, 0.15) is 6.33 Å². The largest absolute Gasteiger partial charge is 0.465 e. The van der Waals surface area contributed by atoms with E-state index >= 15 is 0 Å². The monoisotopic (exact) mass is 286 g/mol. The first-order chi connectivity index (χ1) is 10.2. The second kappa shape index (κ2) is 5.65. The lowest BCUT2D eigenvalue weighted by atomic mass is 9.93. The number of carbonyl (C=O) groups is 1. The van der Waals surface area contributed by atoms with E-state index < -0.39 is 12.1 Å². The van der Waals surface area contributed by atoms with Gasteiger partial charge >= 0.3 is 6.09 Å². The van der Waals surface area contributed by atoms with E-state index in [-0.39, 0.29) is 6.04 Å². The minimum atomic E-state index is -0.909. The van der Waals surface area contributed by atoms with Crippen LogP contribution in [-0.4, -0.2) is 38.7 Å². The Bertz CT molecular complexity index is 656. The first kappa shape index (κ1) is 13.8. The third-order valence-corrected chi connectivity index (χ3v) is 4.10. The molecule has 1 aliphatic rings. The van der Waals surface area contributed by atoms with Crippen LogP contribution in [0.5, 0.6) is 0 Å². The van der Waals surface area contributed by atoms with Crippen LogP contribution in [0.2, 0.25) is 0 Å². The number of para-hydroxylation sites is 1. The molecule has 1 unspecified atom stereocenters. The second-order valence-electron chi connectivity index (χ2n) is 5.34. The van der Waals surface area contributed by atoms with Crippen molar-refractivity contribution < 1.29 is 9.90 Å². The van der Waals surface area contributed by atoms with Crippen molar-refractivity contribution in [1.29, 1.82) is 0 Å². The lowest BCUT2D eigenvalue weighted by Crippen LogP contribution is -2.48. The summed E-state index contributed by atoms with van der Waals surface area (Å²) in [5.41, 5.74) is 7.92. The number of amides is 1. The van der Waals surface area contributed by atoms with Crippen LogP contribution in [0.1, 0.15) is 31.0 Å². The molecular formula is C15H18N4O2. The lowest BCUT2D eigenvalue weighted by molar-refractivity contribution is 0.0963. The van der Waals surface area contributed by atoms with Crippen LogP contribution >= 0.6 is 0 Å². The number of nitrogens with zero attached hydrogens (tertiary/aromatic N) is 3. The van der Waals surface area contributed by atoms with Gasteiger partial charge in [-0.05, 0) is 25.3 Å². The summed E-state index contributed by atoms with van der Waals surface area (Å²) in [4.78, 5) is 21.4. The minimum absolute atomic E-state index is 0.227. The molecule has 21 heavy (non-hydrogen) atoms. The molecule has 0 spiro atoms. The zero-order chi connectivity index (χ0) is 14.8. The number of rotatable bonds is 2. The van der Waals surface area contributed by atoms with Gasteiger partial charge in [-0.2, -0.15) is 0 Å². The van der Waals surface area contributed by atoms with Crippen LogP contribution in [0.15, 0.2) is 30.6 Å².